The highest BCUT2D eigenvalue weighted by atomic mass is 16.4. The maximum atomic E-state index is 12.0. The Morgan fingerprint density at radius 3 is 2.26 bits per heavy atom. The summed E-state index contributed by atoms with van der Waals surface area (Å²) in [5, 5.41) is 16.8. The van der Waals surface area contributed by atoms with E-state index in [-0.39, 0.29) is 30.1 Å². The smallest absolute Gasteiger partial charge is 0.231 e. The monoisotopic (exact) mass is 272 g/mol. The minimum absolute atomic E-state index is 0.112. The van der Waals surface area contributed by atoms with Crippen LogP contribution in [-0.2, 0) is 9.59 Å². The highest BCUT2D eigenvalue weighted by Crippen LogP contribution is 2.15. The summed E-state index contributed by atoms with van der Waals surface area (Å²) in [7, 11) is 1.54. The van der Waals surface area contributed by atoms with Crippen molar-refractivity contribution in [1.29, 1.82) is 0 Å². The van der Waals surface area contributed by atoms with Crippen molar-refractivity contribution < 1.29 is 14.8 Å². The summed E-state index contributed by atoms with van der Waals surface area (Å²) in [6, 6.07) is 0. The van der Waals surface area contributed by atoms with E-state index in [1.165, 1.54) is 0 Å². The maximum absolute atomic E-state index is 12.0. The third-order valence-electron chi connectivity index (χ3n) is 2.93. The predicted molar refractivity (Wildman–Crippen MR) is 72.6 cm³/mol. The molecule has 110 valence electrons. The normalized spacial score (nSPS) is 14.1. The molecule has 0 aliphatic rings. The summed E-state index contributed by atoms with van der Waals surface area (Å²) in [4.78, 5) is 23.6. The van der Waals surface area contributed by atoms with Gasteiger partial charge in [0.25, 0.3) is 0 Å². The van der Waals surface area contributed by atoms with Crippen LogP contribution in [0.1, 0.15) is 27.7 Å². The van der Waals surface area contributed by atoms with E-state index in [0.717, 1.165) is 0 Å². The Labute approximate surface area is 113 Å². The Kier molecular flexibility index (Phi) is 6.31. The van der Waals surface area contributed by atoms with Crippen molar-refractivity contribution in [3.8, 4) is 0 Å². The van der Waals surface area contributed by atoms with Crippen molar-refractivity contribution in [2.24, 2.45) is 28.1 Å². The molecule has 2 amide bonds. The van der Waals surface area contributed by atoms with E-state index in [0.29, 0.717) is 0 Å². The van der Waals surface area contributed by atoms with E-state index in [4.69, 9.17) is 10.9 Å². The van der Waals surface area contributed by atoms with Crippen molar-refractivity contribution in [3.63, 3.8) is 0 Å². The Balaban J connectivity index is 4.73. The van der Waals surface area contributed by atoms with Crippen LogP contribution < -0.4 is 16.4 Å². The van der Waals surface area contributed by atoms with Gasteiger partial charge < -0.3 is 21.6 Å². The number of amides is 2. The van der Waals surface area contributed by atoms with Gasteiger partial charge in [0, 0.05) is 13.6 Å². The molecule has 1 atom stereocenters. The lowest BCUT2D eigenvalue weighted by atomic mass is 9.90. The summed E-state index contributed by atoms with van der Waals surface area (Å²) in [5.41, 5.74) is 4.78. The number of hydrogen-bond acceptors (Lipinski definition) is 4. The molecule has 1 unspecified atom stereocenters. The number of amidine groups is 1. The topological polar surface area (TPSA) is 117 Å². The maximum Gasteiger partial charge on any atom is 0.231 e. The van der Waals surface area contributed by atoms with Crippen molar-refractivity contribution in [2.75, 3.05) is 13.6 Å². The Morgan fingerprint density at radius 1 is 1.37 bits per heavy atom. The molecule has 7 nitrogen and oxygen atoms in total. The SMILES string of the molecule is CNC(=O)C(C)(C)CNC(=O)C(C(N)=NO)C(C)C. The molecule has 0 heterocycles. The van der Waals surface area contributed by atoms with E-state index in [1.54, 1.807) is 34.7 Å². The fourth-order valence-electron chi connectivity index (χ4n) is 1.68. The summed E-state index contributed by atoms with van der Waals surface area (Å²) in [5.74, 6) is -1.49. The summed E-state index contributed by atoms with van der Waals surface area (Å²) in [6.07, 6.45) is 0. The van der Waals surface area contributed by atoms with E-state index < -0.39 is 11.3 Å². The number of carbonyl (C=O) groups excluding carboxylic acids is 2. The van der Waals surface area contributed by atoms with E-state index in [1.807, 2.05) is 0 Å². The highest BCUT2D eigenvalue weighted by Gasteiger charge is 2.31. The van der Waals surface area contributed by atoms with Crippen LogP contribution >= 0.6 is 0 Å². The number of nitrogens with zero attached hydrogens (tertiary/aromatic N) is 1. The van der Waals surface area contributed by atoms with E-state index >= 15 is 0 Å². The first kappa shape index (κ1) is 17.2. The van der Waals surface area contributed by atoms with Gasteiger partial charge in [0.1, 0.15) is 5.92 Å². The van der Waals surface area contributed by atoms with Gasteiger partial charge in [-0.2, -0.15) is 0 Å². The number of hydrogen-bond donors (Lipinski definition) is 4. The van der Waals surface area contributed by atoms with Crippen molar-refractivity contribution >= 4 is 17.6 Å². The van der Waals surface area contributed by atoms with Gasteiger partial charge in [0.15, 0.2) is 5.84 Å². The minimum Gasteiger partial charge on any atom is -0.409 e. The minimum atomic E-state index is -0.725. The van der Waals surface area contributed by atoms with Gasteiger partial charge in [-0.05, 0) is 19.8 Å². The number of nitrogens with two attached hydrogens (primary N) is 1. The quantitative estimate of drug-likeness (QED) is 0.234. The molecule has 7 heteroatoms. The average molecular weight is 272 g/mol. The van der Waals surface area contributed by atoms with Crippen LogP contribution in [-0.4, -0.2) is 36.4 Å². The van der Waals surface area contributed by atoms with Crippen LogP contribution in [0.4, 0.5) is 0 Å². The number of rotatable bonds is 6. The number of carbonyl (C=O) groups is 2. The van der Waals surface area contributed by atoms with Gasteiger partial charge in [-0.15, -0.1) is 0 Å². The molecule has 0 fully saturated rings. The van der Waals surface area contributed by atoms with Gasteiger partial charge in [0.05, 0.1) is 5.41 Å². The third-order valence-corrected chi connectivity index (χ3v) is 2.93. The number of oxime groups is 1. The molecule has 0 aliphatic heterocycles. The van der Waals surface area contributed by atoms with Gasteiger partial charge in [-0.1, -0.05) is 19.0 Å². The Hall–Kier alpha value is -1.79. The molecule has 0 aliphatic carbocycles. The molecule has 0 rings (SSSR count). The second-order valence-electron chi connectivity index (χ2n) is 5.43. The third kappa shape index (κ3) is 4.76. The molecule has 0 aromatic rings. The van der Waals surface area contributed by atoms with Crippen LogP contribution in [0.3, 0.4) is 0 Å². The lowest BCUT2D eigenvalue weighted by Crippen LogP contribution is -2.48. The van der Waals surface area contributed by atoms with Crippen molar-refractivity contribution in [2.45, 2.75) is 27.7 Å². The van der Waals surface area contributed by atoms with Crippen molar-refractivity contribution in [1.82, 2.24) is 10.6 Å². The number of nitrogens with one attached hydrogen (secondary N) is 2. The second kappa shape index (κ2) is 6.96. The van der Waals surface area contributed by atoms with Crippen LogP contribution in [0.25, 0.3) is 0 Å². The molecule has 0 bridgehead atoms. The standard InChI is InChI=1S/C12H24N4O3/c1-7(2)8(9(13)16-19)10(17)15-6-12(3,4)11(18)14-5/h7-8,19H,6H2,1-5H3,(H2,13,16)(H,14,18)(H,15,17). The zero-order chi connectivity index (χ0) is 15.2. The first-order valence-electron chi connectivity index (χ1n) is 6.14. The predicted octanol–water partition coefficient (Wildman–Crippen LogP) is -0.107. The van der Waals surface area contributed by atoms with Gasteiger partial charge in [-0.3, -0.25) is 9.59 Å². The molecule has 0 spiro atoms. The fraction of sp³-hybridized carbons (Fsp3) is 0.750. The molecular formula is C12H24N4O3. The second-order valence-corrected chi connectivity index (χ2v) is 5.43. The van der Waals surface area contributed by atoms with Crippen molar-refractivity contribution in [3.05, 3.63) is 0 Å². The van der Waals surface area contributed by atoms with Gasteiger partial charge >= 0.3 is 0 Å². The highest BCUT2D eigenvalue weighted by molar-refractivity contribution is 6.02. The van der Waals surface area contributed by atoms with E-state index in [9.17, 15) is 9.59 Å². The molecule has 0 aromatic carbocycles. The first-order chi connectivity index (χ1) is 8.67. The Morgan fingerprint density at radius 2 is 1.89 bits per heavy atom. The average Bonchev–Trinajstić information content (AvgIpc) is 2.34. The Bertz CT molecular complexity index is 364. The summed E-state index contributed by atoms with van der Waals surface area (Å²) < 4.78 is 0. The molecule has 5 N–H and O–H groups in total. The zero-order valence-electron chi connectivity index (χ0n) is 12.2. The summed E-state index contributed by atoms with van der Waals surface area (Å²) in [6.45, 7) is 7.21. The fourth-order valence-corrected chi connectivity index (χ4v) is 1.68. The molecule has 19 heavy (non-hydrogen) atoms. The van der Waals surface area contributed by atoms with Crippen LogP contribution in [0.5, 0.6) is 0 Å². The molecular weight excluding hydrogens is 248 g/mol. The van der Waals surface area contributed by atoms with E-state index in [2.05, 4.69) is 15.8 Å². The lowest BCUT2D eigenvalue weighted by molar-refractivity contribution is -0.130. The van der Waals surface area contributed by atoms with Crippen LogP contribution in [0, 0.1) is 17.3 Å². The lowest BCUT2D eigenvalue weighted by Gasteiger charge is -2.25. The largest absolute Gasteiger partial charge is 0.409 e. The summed E-state index contributed by atoms with van der Waals surface area (Å²) >= 11 is 0. The first-order valence-corrected chi connectivity index (χ1v) is 6.14. The van der Waals surface area contributed by atoms with Crippen LogP contribution in [0.2, 0.25) is 0 Å². The van der Waals surface area contributed by atoms with Gasteiger partial charge in [0.2, 0.25) is 11.8 Å². The van der Waals surface area contributed by atoms with Gasteiger partial charge in [-0.25, -0.2) is 0 Å². The van der Waals surface area contributed by atoms with Crippen LogP contribution in [0.15, 0.2) is 5.16 Å². The molecule has 0 aromatic heterocycles. The molecule has 0 radical (unpaired) electrons. The molecule has 0 saturated heterocycles. The molecule has 0 saturated carbocycles. The zero-order valence-corrected chi connectivity index (χ0v) is 12.2.